The number of carbonyl (C=O) groups excluding carboxylic acids is 1. The SMILES string of the molecule is Cc1ccc(-n2nc(C)cc2NC(=O)Cn2c(Cl)nc3c2c(=O)n(C)c(=O)n3C)cc1. The van der Waals surface area contributed by atoms with E-state index < -0.39 is 17.2 Å². The molecule has 0 bridgehead atoms. The maximum absolute atomic E-state index is 12.8. The maximum atomic E-state index is 12.8. The van der Waals surface area contributed by atoms with Gasteiger partial charge in [0.1, 0.15) is 12.4 Å². The number of carbonyl (C=O) groups is 1. The first kappa shape index (κ1) is 20.6. The molecule has 0 aliphatic carbocycles. The van der Waals surface area contributed by atoms with Crippen LogP contribution in [0.3, 0.4) is 0 Å². The van der Waals surface area contributed by atoms with Crippen molar-refractivity contribution in [3.8, 4) is 5.69 Å². The average molecular weight is 442 g/mol. The standard InChI is InChI=1S/C20H20ClN7O3/c1-11-5-7-13(8-6-11)28-14(9-12(2)24-28)22-15(29)10-27-16-17(23-19(27)21)25(3)20(31)26(4)18(16)30/h5-9H,10H2,1-4H3,(H,22,29). The molecule has 160 valence electrons. The normalized spacial score (nSPS) is 11.3. The molecule has 10 nitrogen and oxygen atoms in total. The molecule has 0 spiro atoms. The Kier molecular flexibility index (Phi) is 5.02. The summed E-state index contributed by atoms with van der Waals surface area (Å²) in [6.45, 7) is 3.55. The third-order valence-corrected chi connectivity index (χ3v) is 5.27. The van der Waals surface area contributed by atoms with Crippen LogP contribution < -0.4 is 16.6 Å². The number of fused-ring (bicyclic) bond motifs is 1. The van der Waals surface area contributed by atoms with Gasteiger partial charge in [-0.25, -0.2) is 9.48 Å². The van der Waals surface area contributed by atoms with Gasteiger partial charge in [0, 0.05) is 20.2 Å². The van der Waals surface area contributed by atoms with E-state index in [-0.39, 0.29) is 23.0 Å². The Balaban J connectivity index is 1.69. The Bertz CT molecular complexity index is 1440. The number of anilines is 1. The number of aryl methyl sites for hydroxylation is 3. The van der Waals surface area contributed by atoms with Gasteiger partial charge in [-0.15, -0.1) is 0 Å². The number of imidazole rings is 1. The van der Waals surface area contributed by atoms with Gasteiger partial charge in [0.15, 0.2) is 11.2 Å². The van der Waals surface area contributed by atoms with Crippen molar-refractivity contribution in [2.24, 2.45) is 14.1 Å². The van der Waals surface area contributed by atoms with Gasteiger partial charge in [0.2, 0.25) is 11.2 Å². The molecule has 0 fully saturated rings. The highest BCUT2D eigenvalue weighted by atomic mass is 35.5. The van der Waals surface area contributed by atoms with E-state index in [1.165, 1.54) is 23.2 Å². The zero-order chi connectivity index (χ0) is 22.4. The lowest BCUT2D eigenvalue weighted by Crippen LogP contribution is -2.37. The van der Waals surface area contributed by atoms with E-state index in [2.05, 4.69) is 15.4 Å². The molecule has 0 saturated carbocycles. The van der Waals surface area contributed by atoms with Gasteiger partial charge >= 0.3 is 5.69 Å². The summed E-state index contributed by atoms with van der Waals surface area (Å²) < 4.78 is 5.08. The van der Waals surface area contributed by atoms with Gasteiger partial charge in [-0.2, -0.15) is 10.1 Å². The van der Waals surface area contributed by atoms with Crippen LogP contribution in [0.1, 0.15) is 11.3 Å². The Morgan fingerprint density at radius 3 is 2.45 bits per heavy atom. The minimum Gasteiger partial charge on any atom is -0.309 e. The lowest BCUT2D eigenvalue weighted by Gasteiger charge is -2.10. The van der Waals surface area contributed by atoms with Crippen LogP contribution >= 0.6 is 11.6 Å². The van der Waals surface area contributed by atoms with Crippen molar-refractivity contribution in [1.29, 1.82) is 0 Å². The van der Waals surface area contributed by atoms with E-state index in [1.54, 1.807) is 10.7 Å². The summed E-state index contributed by atoms with van der Waals surface area (Å²) in [6.07, 6.45) is 0. The number of rotatable bonds is 4. The van der Waals surface area contributed by atoms with Crippen molar-refractivity contribution >= 4 is 34.5 Å². The summed E-state index contributed by atoms with van der Waals surface area (Å²) >= 11 is 6.20. The summed E-state index contributed by atoms with van der Waals surface area (Å²) in [5.74, 6) is 0.0533. The van der Waals surface area contributed by atoms with Crippen LogP contribution in [0, 0.1) is 13.8 Å². The van der Waals surface area contributed by atoms with Crippen molar-refractivity contribution < 1.29 is 4.79 Å². The van der Waals surface area contributed by atoms with E-state index in [4.69, 9.17) is 11.6 Å². The van der Waals surface area contributed by atoms with Gasteiger partial charge in [0.05, 0.1) is 11.4 Å². The Morgan fingerprint density at radius 1 is 1.10 bits per heavy atom. The van der Waals surface area contributed by atoms with Crippen LogP contribution in [0.2, 0.25) is 5.28 Å². The molecule has 0 aliphatic rings. The highest BCUT2D eigenvalue weighted by Crippen LogP contribution is 2.19. The van der Waals surface area contributed by atoms with Crippen LogP contribution in [0.4, 0.5) is 5.82 Å². The lowest BCUT2D eigenvalue weighted by atomic mass is 10.2. The van der Waals surface area contributed by atoms with Crippen molar-refractivity contribution in [1.82, 2.24) is 28.5 Å². The second-order valence-electron chi connectivity index (χ2n) is 7.31. The molecule has 31 heavy (non-hydrogen) atoms. The first-order valence-electron chi connectivity index (χ1n) is 9.42. The molecule has 4 rings (SSSR count). The first-order valence-corrected chi connectivity index (χ1v) is 9.80. The van der Waals surface area contributed by atoms with Crippen LogP contribution in [0.15, 0.2) is 39.9 Å². The van der Waals surface area contributed by atoms with E-state index in [1.807, 2.05) is 38.1 Å². The molecule has 1 amide bonds. The van der Waals surface area contributed by atoms with Crippen molar-refractivity contribution in [2.45, 2.75) is 20.4 Å². The summed E-state index contributed by atoms with van der Waals surface area (Å²) in [7, 11) is 2.85. The molecule has 0 aliphatic heterocycles. The quantitative estimate of drug-likeness (QED) is 0.483. The zero-order valence-electron chi connectivity index (χ0n) is 17.4. The predicted octanol–water partition coefficient (Wildman–Crippen LogP) is 1.53. The summed E-state index contributed by atoms with van der Waals surface area (Å²) in [6, 6.07) is 9.46. The fraction of sp³-hybridized carbons (Fsp3) is 0.250. The largest absolute Gasteiger partial charge is 0.332 e. The average Bonchev–Trinajstić information content (AvgIpc) is 3.25. The fourth-order valence-electron chi connectivity index (χ4n) is 3.36. The van der Waals surface area contributed by atoms with Crippen LogP contribution in [-0.2, 0) is 25.4 Å². The first-order chi connectivity index (χ1) is 14.7. The molecule has 1 N–H and O–H groups in total. The number of amides is 1. The minimum atomic E-state index is -0.578. The molecule has 0 radical (unpaired) electrons. The molecular weight excluding hydrogens is 422 g/mol. The van der Waals surface area contributed by atoms with E-state index in [9.17, 15) is 14.4 Å². The molecule has 11 heteroatoms. The van der Waals surface area contributed by atoms with E-state index in [0.29, 0.717) is 5.82 Å². The van der Waals surface area contributed by atoms with Crippen LogP contribution in [-0.4, -0.2) is 34.4 Å². The summed E-state index contributed by atoms with van der Waals surface area (Å²) in [5.41, 5.74) is 1.72. The molecule has 4 aromatic rings. The molecule has 3 heterocycles. The molecular formula is C20H20ClN7O3. The smallest absolute Gasteiger partial charge is 0.309 e. The Labute approximate surface area is 181 Å². The third-order valence-electron chi connectivity index (χ3n) is 4.98. The van der Waals surface area contributed by atoms with Gasteiger partial charge in [-0.05, 0) is 37.6 Å². The van der Waals surface area contributed by atoms with Gasteiger partial charge < -0.3 is 5.32 Å². The lowest BCUT2D eigenvalue weighted by molar-refractivity contribution is -0.116. The highest BCUT2D eigenvalue weighted by molar-refractivity contribution is 6.29. The maximum Gasteiger partial charge on any atom is 0.332 e. The summed E-state index contributed by atoms with van der Waals surface area (Å²) in [4.78, 5) is 41.7. The molecule has 3 aromatic heterocycles. The zero-order valence-corrected chi connectivity index (χ0v) is 18.1. The molecule has 0 atom stereocenters. The number of nitrogens with one attached hydrogen (secondary N) is 1. The second-order valence-corrected chi connectivity index (χ2v) is 7.65. The van der Waals surface area contributed by atoms with Crippen LogP contribution in [0.25, 0.3) is 16.9 Å². The second kappa shape index (κ2) is 7.55. The number of nitrogens with zero attached hydrogens (tertiary/aromatic N) is 6. The number of hydrogen-bond donors (Lipinski definition) is 1. The van der Waals surface area contributed by atoms with Gasteiger partial charge in [-0.3, -0.25) is 23.3 Å². The van der Waals surface area contributed by atoms with Crippen molar-refractivity contribution in [2.75, 3.05) is 5.32 Å². The Morgan fingerprint density at radius 2 is 1.77 bits per heavy atom. The van der Waals surface area contributed by atoms with Crippen LogP contribution in [0.5, 0.6) is 0 Å². The number of benzene rings is 1. The predicted molar refractivity (Wildman–Crippen MR) is 117 cm³/mol. The topological polar surface area (TPSA) is 109 Å². The molecule has 1 aromatic carbocycles. The van der Waals surface area contributed by atoms with Crippen molar-refractivity contribution in [3.63, 3.8) is 0 Å². The van der Waals surface area contributed by atoms with Gasteiger partial charge in [0.25, 0.3) is 5.56 Å². The van der Waals surface area contributed by atoms with Crippen molar-refractivity contribution in [3.05, 3.63) is 67.7 Å². The van der Waals surface area contributed by atoms with E-state index >= 15 is 0 Å². The minimum absolute atomic E-state index is 0.0633. The number of halogens is 1. The third kappa shape index (κ3) is 3.55. The Hall–Kier alpha value is -3.66. The number of hydrogen-bond acceptors (Lipinski definition) is 5. The molecule has 0 saturated heterocycles. The molecule has 0 unspecified atom stereocenters. The highest BCUT2D eigenvalue weighted by Gasteiger charge is 2.20. The van der Waals surface area contributed by atoms with E-state index in [0.717, 1.165) is 21.5 Å². The fourth-order valence-corrected chi connectivity index (χ4v) is 3.59. The number of aromatic nitrogens is 6. The summed E-state index contributed by atoms with van der Waals surface area (Å²) in [5, 5.41) is 7.19. The monoisotopic (exact) mass is 441 g/mol. The van der Waals surface area contributed by atoms with Gasteiger partial charge in [-0.1, -0.05) is 17.7 Å².